The molecule has 3 rings (SSSR count). The van der Waals surface area contributed by atoms with Gasteiger partial charge < -0.3 is 15.4 Å². The molecule has 0 saturated heterocycles. The van der Waals surface area contributed by atoms with Crippen LogP contribution in [-0.2, 0) is 12.8 Å². The summed E-state index contributed by atoms with van der Waals surface area (Å²) in [5.74, 6) is -0.566. The fraction of sp³-hybridized carbons (Fsp3) is 0.185. The Hall–Kier alpha value is -4.62. The molecule has 3 aromatic carbocycles. The van der Waals surface area contributed by atoms with Crippen LogP contribution in [0.25, 0.3) is 0 Å². The van der Waals surface area contributed by atoms with Crippen LogP contribution in [0.15, 0.2) is 54.6 Å². The summed E-state index contributed by atoms with van der Waals surface area (Å²) >= 11 is 0. The van der Waals surface area contributed by atoms with E-state index in [1.54, 1.807) is 48.5 Å². The van der Waals surface area contributed by atoms with Gasteiger partial charge in [-0.1, -0.05) is 26.0 Å². The second kappa shape index (κ2) is 10.8. The van der Waals surface area contributed by atoms with Gasteiger partial charge in [-0.3, -0.25) is 9.59 Å². The highest BCUT2D eigenvalue weighted by Gasteiger charge is 2.19. The lowest BCUT2D eigenvalue weighted by Crippen LogP contribution is -2.18. The fourth-order valence-corrected chi connectivity index (χ4v) is 3.79. The zero-order valence-electron chi connectivity index (χ0n) is 19.2. The number of anilines is 2. The lowest BCUT2D eigenvalue weighted by Gasteiger charge is -2.15. The number of methoxy groups -OCH3 is 1. The van der Waals surface area contributed by atoms with Gasteiger partial charge in [-0.2, -0.15) is 10.5 Å². The van der Waals surface area contributed by atoms with Crippen molar-refractivity contribution in [3.8, 4) is 17.9 Å². The Labute approximate surface area is 198 Å². The Kier molecular flexibility index (Phi) is 7.63. The van der Waals surface area contributed by atoms with Crippen molar-refractivity contribution in [1.29, 1.82) is 10.5 Å². The third-order valence-corrected chi connectivity index (χ3v) is 5.50. The molecule has 2 N–H and O–H groups in total. The van der Waals surface area contributed by atoms with E-state index in [-0.39, 0.29) is 11.1 Å². The molecular formula is C27H24N4O3. The highest BCUT2D eigenvalue weighted by molar-refractivity contribution is 6.10. The van der Waals surface area contributed by atoms with Crippen molar-refractivity contribution in [2.75, 3.05) is 17.7 Å². The molecule has 7 heteroatoms. The summed E-state index contributed by atoms with van der Waals surface area (Å²) in [7, 11) is 1.44. The average molecular weight is 453 g/mol. The van der Waals surface area contributed by atoms with E-state index >= 15 is 0 Å². The van der Waals surface area contributed by atoms with Crippen LogP contribution in [0.1, 0.15) is 56.8 Å². The maximum atomic E-state index is 13.1. The largest absolute Gasteiger partial charge is 0.496 e. The lowest BCUT2D eigenvalue weighted by atomic mass is 10.0. The van der Waals surface area contributed by atoms with E-state index in [2.05, 4.69) is 22.8 Å². The predicted molar refractivity (Wildman–Crippen MR) is 130 cm³/mol. The molecule has 0 fully saturated rings. The van der Waals surface area contributed by atoms with Gasteiger partial charge in [-0.25, -0.2) is 0 Å². The van der Waals surface area contributed by atoms with E-state index in [0.29, 0.717) is 41.1 Å². The number of benzene rings is 3. The van der Waals surface area contributed by atoms with Crippen LogP contribution < -0.4 is 15.4 Å². The van der Waals surface area contributed by atoms with E-state index in [1.165, 1.54) is 13.2 Å². The minimum atomic E-state index is -0.461. The van der Waals surface area contributed by atoms with Crippen molar-refractivity contribution in [2.24, 2.45) is 0 Å². The molecule has 0 aliphatic heterocycles. The van der Waals surface area contributed by atoms with E-state index in [0.717, 1.165) is 11.1 Å². The molecule has 0 spiro atoms. The molecule has 0 radical (unpaired) electrons. The van der Waals surface area contributed by atoms with Gasteiger partial charge in [0.25, 0.3) is 11.8 Å². The Balaban J connectivity index is 1.93. The van der Waals surface area contributed by atoms with Gasteiger partial charge in [-0.15, -0.1) is 0 Å². The van der Waals surface area contributed by atoms with Crippen LogP contribution in [0.4, 0.5) is 11.4 Å². The van der Waals surface area contributed by atoms with Crippen molar-refractivity contribution < 1.29 is 14.3 Å². The molecule has 3 aromatic rings. The Bertz CT molecular complexity index is 1330. The molecule has 0 bridgehead atoms. The lowest BCUT2D eigenvalue weighted by molar-refractivity contribution is 0.102. The highest BCUT2D eigenvalue weighted by Crippen LogP contribution is 2.26. The number of nitrogens with one attached hydrogen (secondary N) is 2. The SMILES string of the molecule is CCc1c(C#N)cccc1NC(=O)c1ccc(OC)c(C(=O)Nc2cccc(C#N)c2CC)c1. The van der Waals surface area contributed by atoms with Crippen LogP contribution in [0.2, 0.25) is 0 Å². The van der Waals surface area contributed by atoms with Gasteiger partial charge in [0.05, 0.1) is 35.9 Å². The molecule has 7 nitrogen and oxygen atoms in total. The van der Waals surface area contributed by atoms with Gasteiger partial charge in [0.2, 0.25) is 0 Å². The van der Waals surface area contributed by atoms with Crippen LogP contribution in [0.5, 0.6) is 5.75 Å². The number of amides is 2. The molecule has 0 aliphatic rings. The van der Waals surface area contributed by atoms with Crippen molar-refractivity contribution in [2.45, 2.75) is 26.7 Å². The van der Waals surface area contributed by atoms with E-state index < -0.39 is 11.8 Å². The molecule has 0 aromatic heterocycles. The Morgan fingerprint density at radius 2 is 1.35 bits per heavy atom. The number of carbonyl (C=O) groups excluding carboxylic acids is 2. The summed E-state index contributed by atoms with van der Waals surface area (Å²) in [5, 5.41) is 24.4. The van der Waals surface area contributed by atoms with Crippen molar-refractivity contribution in [3.05, 3.63) is 88.0 Å². The second-order valence-electron chi connectivity index (χ2n) is 7.42. The van der Waals surface area contributed by atoms with E-state index in [1.807, 2.05) is 13.8 Å². The standard InChI is InChI=1S/C27H24N4O3/c1-4-20-18(15-28)8-6-10-23(20)30-26(32)17-12-13-25(34-3)22(14-17)27(33)31-24-11-7-9-19(16-29)21(24)5-2/h6-14H,4-5H2,1-3H3,(H,30,32)(H,31,33). The Morgan fingerprint density at radius 3 is 1.82 bits per heavy atom. The minimum absolute atomic E-state index is 0.182. The van der Waals surface area contributed by atoms with Gasteiger partial charge in [0.1, 0.15) is 5.75 Å². The molecule has 170 valence electrons. The molecule has 34 heavy (non-hydrogen) atoms. The fourth-order valence-electron chi connectivity index (χ4n) is 3.79. The van der Waals surface area contributed by atoms with Crippen LogP contribution in [0, 0.1) is 22.7 Å². The molecule has 0 aliphatic carbocycles. The maximum Gasteiger partial charge on any atom is 0.259 e. The van der Waals surface area contributed by atoms with Crippen molar-refractivity contribution in [1.82, 2.24) is 0 Å². The summed E-state index contributed by atoms with van der Waals surface area (Å²) in [5.41, 5.74) is 4.00. The summed E-state index contributed by atoms with van der Waals surface area (Å²) in [6.45, 7) is 3.82. The van der Waals surface area contributed by atoms with Gasteiger partial charge in [0, 0.05) is 16.9 Å². The van der Waals surface area contributed by atoms with Crippen LogP contribution in [-0.4, -0.2) is 18.9 Å². The van der Waals surface area contributed by atoms with Crippen molar-refractivity contribution in [3.63, 3.8) is 0 Å². The first-order valence-electron chi connectivity index (χ1n) is 10.8. The number of carbonyl (C=O) groups is 2. The monoisotopic (exact) mass is 452 g/mol. The highest BCUT2D eigenvalue weighted by atomic mass is 16.5. The summed E-state index contributed by atoms with van der Waals surface area (Å²) in [6.07, 6.45) is 1.15. The average Bonchev–Trinajstić information content (AvgIpc) is 2.87. The van der Waals surface area contributed by atoms with Gasteiger partial charge >= 0.3 is 0 Å². The third-order valence-electron chi connectivity index (χ3n) is 5.50. The molecule has 0 saturated carbocycles. The second-order valence-corrected chi connectivity index (χ2v) is 7.42. The van der Waals surface area contributed by atoms with Crippen molar-refractivity contribution >= 4 is 23.2 Å². The number of ether oxygens (including phenoxy) is 1. The first kappa shape index (κ1) is 24.0. The number of nitrogens with zero attached hydrogens (tertiary/aromatic N) is 2. The predicted octanol–water partition coefficient (Wildman–Crippen LogP) is 5.07. The number of hydrogen-bond acceptors (Lipinski definition) is 5. The topological polar surface area (TPSA) is 115 Å². The zero-order chi connectivity index (χ0) is 24.7. The number of rotatable bonds is 7. The molecule has 0 heterocycles. The molecule has 2 amide bonds. The molecule has 0 unspecified atom stereocenters. The molecular weight excluding hydrogens is 428 g/mol. The normalized spacial score (nSPS) is 10.0. The van der Waals surface area contributed by atoms with Crippen LogP contribution in [0.3, 0.4) is 0 Å². The minimum Gasteiger partial charge on any atom is -0.496 e. The van der Waals surface area contributed by atoms with Gasteiger partial charge in [0.15, 0.2) is 0 Å². The Morgan fingerprint density at radius 1 is 0.824 bits per heavy atom. The first-order valence-corrected chi connectivity index (χ1v) is 10.8. The summed E-state index contributed by atoms with van der Waals surface area (Å²) in [4.78, 5) is 26.1. The van der Waals surface area contributed by atoms with E-state index in [9.17, 15) is 20.1 Å². The van der Waals surface area contributed by atoms with Gasteiger partial charge in [-0.05, 0) is 66.4 Å². The summed E-state index contributed by atoms with van der Waals surface area (Å²) < 4.78 is 5.34. The summed E-state index contributed by atoms with van der Waals surface area (Å²) in [6, 6.07) is 19.2. The first-order chi connectivity index (χ1) is 16.5. The number of hydrogen-bond donors (Lipinski definition) is 2. The quantitative estimate of drug-likeness (QED) is 0.519. The van der Waals surface area contributed by atoms with Crippen LogP contribution >= 0.6 is 0 Å². The maximum absolute atomic E-state index is 13.1. The third kappa shape index (κ3) is 4.90. The molecule has 0 atom stereocenters. The number of nitriles is 2. The zero-order valence-corrected chi connectivity index (χ0v) is 19.2. The smallest absolute Gasteiger partial charge is 0.259 e. The van der Waals surface area contributed by atoms with E-state index in [4.69, 9.17) is 4.74 Å².